The third-order valence-electron chi connectivity index (χ3n) is 4.61. The second kappa shape index (κ2) is 10.8. The van der Waals surface area contributed by atoms with E-state index < -0.39 is 11.8 Å². The maximum absolute atomic E-state index is 13.8. The summed E-state index contributed by atoms with van der Waals surface area (Å²) in [6.45, 7) is 9.90. The van der Waals surface area contributed by atoms with Crippen LogP contribution in [0.25, 0.3) is 0 Å². The molecule has 3 nitrogen and oxygen atoms in total. The minimum absolute atomic E-state index is 0.0419. The molecule has 0 amide bonds. The third-order valence-corrected chi connectivity index (χ3v) is 4.61. The minimum Gasteiger partial charge on any atom is -0.428 e. The van der Waals surface area contributed by atoms with Crippen LogP contribution in [0.3, 0.4) is 0 Å². The number of hydrogen-bond donors (Lipinski definition) is 0. The van der Waals surface area contributed by atoms with Gasteiger partial charge in [0.2, 0.25) is 0 Å². The van der Waals surface area contributed by atoms with E-state index in [2.05, 4.69) is 20.8 Å². The van der Waals surface area contributed by atoms with E-state index in [-0.39, 0.29) is 11.3 Å². The SMILES string of the molecule is CC/C(C#N)=C(F)\C=C(/C)OC(=O)C1=CC=C(C(C)CCC(C)C)CC1. The normalized spacial score (nSPS) is 17.1. The molecule has 0 aromatic carbocycles. The molecule has 0 aliphatic heterocycles. The fourth-order valence-electron chi connectivity index (χ4n) is 2.81. The van der Waals surface area contributed by atoms with E-state index in [0.717, 1.165) is 18.9 Å². The molecule has 0 saturated carbocycles. The Bertz CT molecular complexity index is 675. The van der Waals surface area contributed by atoms with Crippen LogP contribution < -0.4 is 0 Å². The summed E-state index contributed by atoms with van der Waals surface area (Å²) in [6.07, 6.45) is 9.08. The van der Waals surface area contributed by atoms with Crippen molar-refractivity contribution >= 4 is 5.97 Å². The molecule has 1 unspecified atom stereocenters. The van der Waals surface area contributed by atoms with Crippen LogP contribution in [-0.4, -0.2) is 5.97 Å². The molecule has 142 valence electrons. The number of hydrogen-bond acceptors (Lipinski definition) is 3. The largest absolute Gasteiger partial charge is 0.428 e. The molecule has 1 rings (SSSR count). The van der Waals surface area contributed by atoms with E-state index in [0.29, 0.717) is 30.3 Å². The summed E-state index contributed by atoms with van der Waals surface area (Å²) in [6, 6.07) is 1.81. The Labute approximate surface area is 156 Å². The van der Waals surface area contributed by atoms with Crippen molar-refractivity contribution in [3.63, 3.8) is 0 Å². The molecule has 0 fully saturated rings. The zero-order chi connectivity index (χ0) is 19.7. The summed E-state index contributed by atoms with van der Waals surface area (Å²) >= 11 is 0. The van der Waals surface area contributed by atoms with Crippen molar-refractivity contribution in [2.24, 2.45) is 11.8 Å². The number of carbonyl (C=O) groups excluding carboxylic acids is 1. The fraction of sp³-hybridized carbons (Fsp3) is 0.545. The molecule has 0 aromatic rings. The quantitative estimate of drug-likeness (QED) is 0.221. The predicted molar refractivity (Wildman–Crippen MR) is 103 cm³/mol. The number of ether oxygens (including phenoxy) is 1. The Morgan fingerprint density at radius 3 is 2.50 bits per heavy atom. The lowest BCUT2D eigenvalue weighted by Gasteiger charge is -2.20. The lowest BCUT2D eigenvalue weighted by Crippen LogP contribution is -2.11. The molecule has 0 heterocycles. The average Bonchev–Trinajstić information content (AvgIpc) is 2.60. The van der Waals surface area contributed by atoms with Gasteiger partial charge in [0.15, 0.2) is 0 Å². The number of nitrogens with zero attached hydrogens (tertiary/aromatic N) is 1. The summed E-state index contributed by atoms with van der Waals surface area (Å²) in [5.74, 6) is 0.257. The Morgan fingerprint density at radius 2 is 2.00 bits per heavy atom. The molecule has 0 spiro atoms. The van der Waals surface area contributed by atoms with Crippen LogP contribution >= 0.6 is 0 Å². The van der Waals surface area contributed by atoms with Crippen LogP contribution in [0.4, 0.5) is 4.39 Å². The Hall–Kier alpha value is -2.15. The fourth-order valence-corrected chi connectivity index (χ4v) is 2.81. The van der Waals surface area contributed by atoms with Gasteiger partial charge in [-0.2, -0.15) is 5.26 Å². The van der Waals surface area contributed by atoms with E-state index in [9.17, 15) is 9.18 Å². The summed E-state index contributed by atoms with van der Waals surface area (Å²) in [4.78, 5) is 12.2. The highest BCUT2D eigenvalue weighted by molar-refractivity contribution is 5.89. The maximum Gasteiger partial charge on any atom is 0.339 e. The lowest BCUT2D eigenvalue weighted by atomic mass is 9.86. The highest BCUT2D eigenvalue weighted by Gasteiger charge is 2.18. The van der Waals surface area contributed by atoms with E-state index in [1.807, 2.05) is 12.2 Å². The Kier molecular flexibility index (Phi) is 9.05. The maximum atomic E-state index is 13.8. The molecule has 1 atom stereocenters. The molecule has 0 saturated heterocycles. The van der Waals surface area contributed by atoms with Gasteiger partial charge < -0.3 is 4.74 Å². The number of esters is 1. The molecule has 0 aromatic heterocycles. The summed E-state index contributed by atoms with van der Waals surface area (Å²) in [5.41, 5.74) is 2.00. The zero-order valence-electron chi connectivity index (χ0n) is 16.6. The van der Waals surface area contributed by atoms with Crippen LogP contribution in [0.1, 0.15) is 66.7 Å². The van der Waals surface area contributed by atoms with Crippen molar-refractivity contribution in [2.75, 3.05) is 0 Å². The summed E-state index contributed by atoms with van der Waals surface area (Å²) in [7, 11) is 0. The van der Waals surface area contributed by atoms with Gasteiger partial charge in [-0.15, -0.1) is 0 Å². The molecule has 26 heavy (non-hydrogen) atoms. The van der Waals surface area contributed by atoms with E-state index >= 15 is 0 Å². The number of allylic oxidation sites excluding steroid dienone is 7. The van der Waals surface area contributed by atoms with Crippen molar-refractivity contribution in [3.05, 3.63) is 46.5 Å². The standard InChI is InChI=1S/C22H30FNO2/c1-6-18(14-24)21(23)13-17(5)26-22(25)20-11-9-19(10-12-20)16(4)8-7-15(2)3/h9,11,13,15-16H,6-8,10,12H2,1-5H3/b17-13+,21-18-. The summed E-state index contributed by atoms with van der Waals surface area (Å²) in [5, 5.41) is 8.83. The van der Waals surface area contributed by atoms with Gasteiger partial charge in [-0.3, -0.25) is 0 Å². The van der Waals surface area contributed by atoms with Crippen LogP contribution in [0, 0.1) is 23.2 Å². The molecule has 1 aliphatic carbocycles. The molecule has 0 bridgehead atoms. The molecule has 4 heteroatoms. The number of carbonyl (C=O) groups is 1. The van der Waals surface area contributed by atoms with Gasteiger partial charge in [0, 0.05) is 11.6 Å². The molecule has 0 N–H and O–H groups in total. The molecular weight excluding hydrogens is 329 g/mol. The minimum atomic E-state index is -0.654. The van der Waals surface area contributed by atoms with Crippen LogP contribution in [0.2, 0.25) is 0 Å². The molecule has 0 radical (unpaired) electrons. The van der Waals surface area contributed by atoms with Crippen molar-refractivity contribution in [1.82, 2.24) is 0 Å². The van der Waals surface area contributed by atoms with Gasteiger partial charge in [-0.25, -0.2) is 9.18 Å². The third kappa shape index (κ3) is 7.00. The van der Waals surface area contributed by atoms with Crippen molar-refractivity contribution in [1.29, 1.82) is 5.26 Å². The summed E-state index contributed by atoms with van der Waals surface area (Å²) < 4.78 is 19.1. The smallest absolute Gasteiger partial charge is 0.339 e. The van der Waals surface area contributed by atoms with Crippen LogP contribution in [0.5, 0.6) is 0 Å². The first kappa shape index (κ1) is 21.9. The van der Waals surface area contributed by atoms with Gasteiger partial charge in [0.1, 0.15) is 11.6 Å². The van der Waals surface area contributed by atoms with E-state index in [1.165, 1.54) is 18.9 Å². The Morgan fingerprint density at radius 1 is 1.31 bits per heavy atom. The second-order valence-corrected chi connectivity index (χ2v) is 7.24. The van der Waals surface area contributed by atoms with Gasteiger partial charge >= 0.3 is 5.97 Å². The van der Waals surface area contributed by atoms with Gasteiger partial charge in [0.25, 0.3) is 0 Å². The Balaban J connectivity index is 2.72. The average molecular weight is 359 g/mol. The highest BCUT2D eigenvalue weighted by atomic mass is 19.1. The highest BCUT2D eigenvalue weighted by Crippen LogP contribution is 2.29. The number of halogens is 1. The lowest BCUT2D eigenvalue weighted by molar-refractivity contribution is -0.135. The predicted octanol–water partition coefficient (Wildman–Crippen LogP) is 6.31. The van der Waals surface area contributed by atoms with Crippen molar-refractivity contribution < 1.29 is 13.9 Å². The van der Waals surface area contributed by atoms with Gasteiger partial charge in [-0.1, -0.05) is 51.8 Å². The van der Waals surface area contributed by atoms with Crippen molar-refractivity contribution in [2.45, 2.75) is 66.7 Å². The van der Waals surface area contributed by atoms with E-state index in [1.54, 1.807) is 13.0 Å². The van der Waals surface area contributed by atoms with Gasteiger partial charge in [0.05, 0.1) is 11.6 Å². The first-order chi connectivity index (χ1) is 12.3. The van der Waals surface area contributed by atoms with E-state index in [4.69, 9.17) is 10.00 Å². The monoisotopic (exact) mass is 359 g/mol. The molecule has 1 aliphatic rings. The number of nitriles is 1. The van der Waals surface area contributed by atoms with Crippen molar-refractivity contribution in [3.8, 4) is 6.07 Å². The van der Waals surface area contributed by atoms with Crippen LogP contribution in [0.15, 0.2) is 46.5 Å². The molecular formula is C22H30FNO2. The van der Waals surface area contributed by atoms with Gasteiger partial charge in [-0.05, 0) is 44.4 Å². The second-order valence-electron chi connectivity index (χ2n) is 7.24. The first-order valence-corrected chi connectivity index (χ1v) is 9.37. The van der Waals surface area contributed by atoms with Crippen LogP contribution in [-0.2, 0) is 9.53 Å². The number of rotatable bonds is 8. The topological polar surface area (TPSA) is 50.1 Å². The first-order valence-electron chi connectivity index (χ1n) is 9.37. The zero-order valence-corrected chi connectivity index (χ0v) is 16.6.